The first-order valence-electron chi connectivity index (χ1n) is 11.2. The lowest BCUT2D eigenvalue weighted by molar-refractivity contribution is -0.202. The first-order valence-corrected chi connectivity index (χ1v) is 11.2. The van der Waals surface area contributed by atoms with Crippen LogP contribution in [-0.2, 0) is 19.1 Å². The summed E-state index contributed by atoms with van der Waals surface area (Å²) in [5, 5.41) is 0. The second-order valence-corrected chi connectivity index (χ2v) is 9.57. The number of amides is 5. The van der Waals surface area contributed by atoms with Crippen molar-refractivity contribution in [3.63, 3.8) is 0 Å². The summed E-state index contributed by atoms with van der Waals surface area (Å²) in [4.78, 5) is 55.1. The van der Waals surface area contributed by atoms with E-state index in [9.17, 15) is 19.2 Å². The minimum atomic E-state index is -0.717. The SMILES string of the molecule is CCCCN1C(=O)C(=C(N)N)C(=O)N(C2CCC3(CC2)CN(C2(C(N)=O)COC2)C3)C1=O. The number of unbranched alkanes of at least 4 members (excludes halogenated alkanes) is 1. The number of carbonyl (C=O) groups is 4. The number of primary amides is 1. The van der Waals surface area contributed by atoms with Gasteiger partial charge in [0.05, 0.1) is 13.2 Å². The Morgan fingerprint density at radius 2 is 1.69 bits per heavy atom. The van der Waals surface area contributed by atoms with E-state index < -0.39 is 23.4 Å². The lowest BCUT2D eigenvalue weighted by atomic mass is 9.65. The van der Waals surface area contributed by atoms with Crippen LogP contribution in [0.2, 0.25) is 0 Å². The molecule has 11 heteroatoms. The number of carbonyl (C=O) groups excluding carboxylic acids is 4. The van der Waals surface area contributed by atoms with E-state index in [0.717, 1.165) is 37.3 Å². The molecule has 0 aromatic rings. The third-order valence-corrected chi connectivity index (χ3v) is 7.53. The van der Waals surface area contributed by atoms with E-state index >= 15 is 0 Å². The molecule has 4 rings (SSSR count). The molecule has 3 heterocycles. The largest absolute Gasteiger partial charge is 0.385 e. The lowest BCUT2D eigenvalue weighted by Gasteiger charge is -2.61. The van der Waals surface area contributed by atoms with E-state index in [1.165, 1.54) is 4.90 Å². The molecule has 0 bridgehead atoms. The predicted octanol–water partition coefficient (Wildman–Crippen LogP) is -0.795. The van der Waals surface area contributed by atoms with Crippen LogP contribution in [-0.4, -0.2) is 82.9 Å². The number of nitrogens with zero attached hydrogens (tertiary/aromatic N) is 3. The third-order valence-electron chi connectivity index (χ3n) is 7.53. The van der Waals surface area contributed by atoms with Gasteiger partial charge in [-0.15, -0.1) is 0 Å². The van der Waals surface area contributed by atoms with Gasteiger partial charge >= 0.3 is 6.03 Å². The van der Waals surface area contributed by atoms with Crippen molar-refractivity contribution in [3.05, 3.63) is 11.4 Å². The summed E-state index contributed by atoms with van der Waals surface area (Å²) in [5.74, 6) is -2.14. The van der Waals surface area contributed by atoms with Crippen LogP contribution < -0.4 is 17.2 Å². The third kappa shape index (κ3) is 3.34. The second-order valence-electron chi connectivity index (χ2n) is 9.57. The van der Waals surface area contributed by atoms with Gasteiger partial charge in [-0.25, -0.2) is 4.79 Å². The molecule has 0 radical (unpaired) electrons. The first-order chi connectivity index (χ1) is 15.2. The Morgan fingerprint density at radius 1 is 1.06 bits per heavy atom. The van der Waals surface area contributed by atoms with Crippen LogP contribution in [0.5, 0.6) is 0 Å². The van der Waals surface area contributed by atoms with Gasteiger partial charge in [0, 0.05) is 25.7 Å². The van der Waals surface area contributed by atoms with Gasteiger partial charge in [0.1, 0.15) is 16.9 Å². The van der Waals surface area contributed by atoms with E-state index in [1.54, 1.807) is 0 Å². The zero-order chi connectivity index (χ0) is 23.3. The summed E-state index contributed by atoms with van der Waals surface area (Å²) in [6.45, 7) is 4.32. The van der Waals surface area contributed by atoms with Crippen molar-refractivity contribution in [3.8, 4) is 0 Å². The van der Waals surface area contributed by atoms with Crippen LogP contribution >= 0.6 is 0 Å². The lowest BCUT2D eigenvalue weighted by Crippen LogP contribution is -2.77. The molecule has 3 saturated heterocycles. The van der Waals surface area contributed by atoms with E-state index in [1.807, 2.05) is 6.92 Å². The number of hydrogen-bond acceptors (Lipinski definition) is 8. The highest BCUT2D eigenvalue weighted by Gasteiger charge is 2.59. The minimum absolute atomic E-state index is 0.0414. The van der Waals surface area contributed by atoms with Gasteiger partial charge in [-0.05, 0) is 37.5 Å². The van der Waals surface area contributed by atoms with E-state index in [2.05, 4.69) is 4.90 Å². The molecule has 11 nitrogen and oxygen atoms in total. The van der Waals surface area contributed by atoms with Crippen LogP contribution in [0.1, 0.15) is 45.4 Å². The molecule has 4 aliphatic rings. The number of barbiturate groups is 1. The minimum Gasteiger partial charge on any atom is -0.385 e. The average molecular weight is 449 g/mol. The number of rotatable bonds is 6. The van der Waals surface area contributed by atoms with Crippen molar-refractivity contribution < 1.29 is 23.9 Å². The van der Waals surface area contributed by atoms with E-state index in [-0.39, 0.29) is 35.3 Å². The van der Waals surface area contributed by atoms with Crippen LogP contribution in [0.15, 0.2) is 11.4 Å². The summed E-state index contributed by atoms with van der Waals surface area (Å²) in [5.41, 5.74) is 15.9. The maximum Gasteiger partial charge on any atom is 0.334 e. The van der Waals surface area contributed by atoms with Gasteiger partial charge in [0.15, 0.2) is 0 Å². The molecular weight excluding hydrogens is 416 g/mol. The molecule has 176 valence electrons. The zero-order valence-corrected chi connectivity index (χ0v) is 18.5. The zero-order valence-electron chi connectivity index (χ0n) is 18.5. The van der Waals surface area contributed by atoms with Crippen LogP contribution in [0.25, 0.3) is 0 Å². The fourth-order valence-electron chi connectivity index (χ4n) is 5.36. The fraction of sp³-hybridized carbons (Fsp3) is 0.714. The number of ether oxygens (including phenoxy) is 1. The number of hydrogen-bond donors (Lipinski definition) is 3. The molecule has 1 aliphatic carbocycles. The van der Waals surface area contributed by atoms with Gasteiger partial charge in [-0.1, -0.05) is 13.3 Å². The highest BCUT2D eigenvalue weighted by Crippen LogP contribution is 2.48. The van der Waals surface area contributed by atoms with Gasteiger partial charge in [0.25, 0.3) is 11.8 Å². The monoisotopic (exact) mass is 448 g/mol. The van der Waals surface area contributed by atoms with Gasteiger partial charge in [0.2, 0.25) is 5.91 Å². The summed E-state index contributed by atoms with van der Waals surface area (Å²) in [6.07, 6.45) is 4.29. The molecular formula is C21H32N6O5. The number of nitrogens with two attached hydrogens (primary N) is 3. The number of imide groups is 2. The molecule has 3 aliphatic heterocycles. The molecule has 5 amide bonds. The molecule has 0 unspecified atom stereocenters. The van der Waals surface area contributed by atoms with Gasteiger partial charge in [-0.3, -0.25) is 29.1 Å². The smallest absolute Gasteiger partial charge is 0.334 e. The predicted molar refractivity (Wildman–Crippen MR) is 113 cm³/mol. The summed E-state index contributed by atoms with van der Waals surface area (Å²) in [7, 11) is 0. The Hall–Kier alpha value is -2.66. The van der Waals surface area contributed by atoms with Crippen LogP contribution in [0.3, 0.4) is 0 Å². The van der Waals surface area contributed by atoms with Crippen LogP contribution in [0.4, 0.5) is 4.79 Å². The van der Waals surface area contributed by atoms with Crippen molar-refractivity contribution in [2.75, 3.05) is 32.8 Å². The first kappa shape index (κ1) is 22.5. The van der Waals surface area contributed by atoms with Crippen molar-refractivity contribution in [2.24, 2.45) is 22.6 Å². The second kappa shape index (κ2) is 8.04. The van der Waals surface area contributed by atoms with Crippen LogP contribution in [0, 0.1) is 5.41 Å². The topological polar surface area (TPSA) is 165 Å². The maximum atomic E-state index is 13.1. The fourth-order valence-corrected chi connectivity index (χ4v) is 5.36. The van der Waals surface area contributed by atoms with Crippen molar-refractivity contribution in [1.82, 2.24) is 14.7 Å². The Morgan fingerprint density at radius 3 is 2.16 bits per heavy atom. The van der Waals surface area contributed by atoms with E-state index in [4.69, 9.17) is 21.9 Å². The van der Waals surface area contributed by atoms with Gasteiger partial charge < -0.3 is 21.9 Å². The highest BCUT2D eigenvalue weighted by atomic mass is 16.5. The molecule has 0 aromatic carbocycles. The standard InChI is InChI=1S/C21H32N6O5/c1-2-3-8-26-16(28)14(15(22)23)17(29)27(19(26)31)13-4-6-20(7-5-13)9-25(10-20)21(18(24)30)11-32-12-21/h13H,2-12,22-23H2,1H3,(H2,24,30). The normalized spacial score (nSPS) is 25.7. The molecule has 1 spiro atoms. The molecule has 32 heavy (non-hydrogen) atoms. The van der Waals surface area contributed by atoms with Crippen molar-refractivity contribution in [1.29, 1.82) is 0 Å². The van der Waals surface area contributed by atoms with Crippen molar-refractivity contribution in [2.45, 2.75) is 57.0 Å². The highest BCUT2D eigenvalue weighted by molar-refractivity contribution is 6.29. The Balaban J connectivity index is 1.45. The van der Waals surface area contributed by atoms with Crippen molar-refractivity contribution >= 4 is 23.8 Å². The summed E-state index contributed by atoms with van der Waals surface area (Å²) >= 11 is 0. The molecule has 6 N–H and O–H groups in total. The number of likely N-dealkylation sites (tertiary alicyclic amines) is 1. The van der Waals surface area contributed by atoms with E-state index in [0.29, 0.717) is 32.5 Å². The van der Waals surface area contributed by atoms with Gasteiger partial charge in [-0.2, -0.15) is 0 Å². The molecule has 1 saturated carbocycles. The quantitative estimate of drug-likeness (QED) is 0.351. The Kier molecular flexibility index (Phi) is 5.66. The Labute approximate surface area is 186 Å². The molecule has 0 aromatic heterocycles. The number of urea groups is 1. The Bertz CT molecular complexity index is 862. The average Bonchev–Trinajstić information content (AvgIpc) is 2.66. The molecule has 4 fully saturated rings. The maximum absolute atomic E-state index is 13.1. The summed E-state index contributed by atoms with van der Waals surface area (Å²) in [6, 6.07) is -0.910. The molecule has 0 atom stereocenters. The summed E-state index contributed by atoms with van der Waals surface area (Å²) < 4.78 is 5.25.